The van der Waals surface area contributed by atoms with Crippen LogP contribution in [0.4, 0.5) is 0 Å². The molecule has 1 aromatic rings. The van der Waals surface area contributed by atoms with Crippen molar-refractivity contribution >= 4 is 5.78 Å². The van der Waals surface area contributed by atoms with E-state index < -0.39 is 0 Å². The Balaban J connectivity index is 3.39. The van der Waals surface area contributed by atoms with E-state index in [2.05, 4.69) is 39.8 Å². The number of Topliss-reactive ketones (excluding diaryl/α,β-unsaturated/α-hetero) is 1. The maximum atomic E-state index is 13.0. The van der Waals surface area contributed by atoms with Crippen molar-refractivity contribution in [1.82, 2.24) is 0 Å². The Kier molecular flexibility index (Phi) is 12.6. The van der Waals surface area contributed by atoms with Gasteiger partial charge in [0, 0.05) is 17.5 Å². The van der Waals surface area contributed by atoms with Crippen LogP contribution in [0.15, 0.2) is 46.6 Å². The number of ketones is 1. The highest BCUT2D eigenvalue weighted by atomic mass is 16.3. The van der Waals surface area contributed by atoms with Crippen LogP contribution in [0.2, 0.25) is 0 Å². The lowest BCUT2D eigenvalue weighted by atomic mass is 9.91. The third-order valence-electron chi connectivity index (χ3n) is 5.98. The van der Waals surface area contributed by atoms with E-state index in [1.165, 1.54) is 11.1 Å². The number of hydrogen-bond donors (Lipinski definition) is 3. The first kappa shape index (κ1) is 30.3. The summed E-state index contributed by atoms with van der Waals surface area (Å²) in [6.45, 7) is 16.2. The predicted octanol–water partition coefficient (Wildman–Crippen LogP) is 8.50. The molecule has 0 amide bonds. The summed E-state index contributed by atoms with van der Waals surface area (Å²) in [5.74, 6) is -0.996. The Morgan fingerprint density at radius 3 is 1.43 bits per heavy atom. The normalized spacial score (nSPS) is 12.1. The maximum Gasteiger partial charge on any atom is 0.170 e. The monoisotopic (exact) mass is 482 g/mol. The zero-order chi connectivity index (χ0) is 26.7. The summed E-state index contributed by atoms with van der Waals surface area (Å²) in [6.07, 6.45) is 12.7. The number of carbonyl (C=O) groups excluding carboxylic acids is 1. The van der Waals surface area contributed by atoms with Crippen LogP contribution in [0.1, 0.15) is 109 Å². The number of benzene rings is 1. The summed E-state index contributed by atoms with van der Waals surface area (Å²) in [4.78, 5) is 13.0. The van der Waals surface area contributed by atoms with Crippen LogP contribution >= 0.6 is 0 Å². The predicted molar refractivity (Wildman–Crippen MR) is 147 cm³/mol. The lowest BCUT2D eigenvalue weighted by Gasteiger charge is -2.18. The van der Waals surface area contributed by atoms with E-state index in [4.69, 9.17) is 0 Å². The first-order valence-electron chi connectivity index (χ1n) is 12.7. The molecule has 0 saturated heterocycles. The van der Waals surface area contributed by atoms with Crippen molar-refractivity contribution in [2.45, 2.75) is 100 Å². The molecule has 0 aliphatic rings. The van der Waals surface area contributed by atoms with Crippen molar-refractivity contribution in [2.75, 3.05) is 0 Å². The van der Waals surface area contributed by atoms with E-state index in [-0.39, 0.29) is 53.8 Å². The molecule has 0 aliphatic heterocycles. The summed E-state index contributed by atoms with van der Waals surface area (Å²) in [5.41, 5.74) is 5.33. The average Bonchev–Trinajstić information content (AvgIpc) is 2.72. The van der Waals surface area contributed by atoms with Crippen LogP contribution in [0, 0.1) is 5.92 Å². The van der Waals surface area contributed by atoms with Gasteiger partial charge in [0.05, 0.1) is 0 Å². The molecule has 1 rings (SSSR count). The lowest BCUT2D eigenvalue weighted by Crippen LogP contribution is -2.07. The van der Waals surface area contributed by atoms with E-state index in [0.717, 1.165) is 36.8 Å². The quantitative estimate of drug-likeness (QED) is 0.194. The summed E-state index contributed by atoms with van der Waals surface area (Å²) in [7, 11) is 0. The van der Waals surface area contributed by atoms with Gasteiger partial charge >= 0.3 is 0 Å². The molecule has 0 heterocycles. The molecule has 0 spiro atoms. The van der Waals surface area contributed by atoms with Crippen LogP contribution in [0.3, 0.4) is 0 Å². The van der Waals surface area contributed by atoms with E-state index in [9.17, 15) is 20.1 Å². The zero-order valence-corrected chi connectivity index (χ0v) is 23.1. The number of phenolic OH excluding ortho intramolecular Hbond substituents is 3. The van der Waals surface area contributed by atoms with Crippen molar-refractivity contribution in [1.29, 1.82) is 0 Å². The van der Waals surface area contributed by atoms with E-state index in [1.807, 2.05) is 39.8 Å². The average molecular weight is 483 g/mol. The molecule has 0 aromatic heterocycles. The van der Waals surface area contributed by atoms with Gasteiger partial charge in [-0.3, -0.25) is 4.79 Å². The van der Waals surface area contributed by atoms with Crippen LogP contribution in [0.25, 0.3) is 0 Å². The van der Waals surface area contributed by atoms with Crippen molar-refractivity contribution in [2.24, 2.45) is 5.92 Å². The fourth-order valence-corrected chi connectivity index (χ4v) is 3.88. The Morgan fingerprint density at radius 1 is 0.686 bits per heavy atom. The molecule has 1 aromatic carbocycles. The third kappa shape index (κ3) is 10.2. The van der Waals surface area contributed by atoms with Crippen molar-refractivity contribution in [3.8, 4) is 17.2 Å². The van der Waals surface area contributed by atoms with Gasteiger partial charge < -0.3 is 15.3 Å². The van der Waals surface area contributed by atoms with Gasteiger partial charge in [0.25, 0.3) is 0 Å². The minimum Gasteiger partial charge on any atom is -0.507 e. The molecule has 3 N–H and O–H groups in total. The summed E-state index contributed by atoms with van der Waals surface area (Å²) < 4.78 is 0. The highest BCUT2D eigenvalue weighted by Gasteiger charge is 2.27. The Morgan fingerprint density at radius 2 is 1.09 bits per heavy atom. The van der Waals surface area contributed by atoms with Gasteiger partial charge in [-0.15, -0.1) is 0 Å². The lowest BCUT2D eigenvalue weighted by molar-refractivity contribution is 0.0962. The summed E-state index contributed by atoms with van der Waals surface area (Å²) >= 11 is 0. The summed E-state index contributed by atoms with van der Waals surface area (Å²) in [6, 6.07) is 0. The van der Waals surface area contributed by atoms with Crippen LogP contribution in [-0.2, 0) is 12.8 Å². The van der Waals surface area contributed by atoms with Crippen molar-refractivity contribution < 1.29 is 20.1 Å². The number of aromatic hydroxyl groups is 3. The molecule has 194 valence electrons. The molecule has 35 heavy (non-hydrogen) atoms. The fourth-order valence-electron chi connectivity index (χ4n) is 3.88. The maximum absolute atomic E-state index is 13.0. The number of hydrogen-bond acceptors (Lipinski definition) is 4. The number of allylic oxidation sites excluding steroid dienone is 8. The van der Waals surface area contributed by atoms with Gasteiger partial charge in [-0.05, 0) is 86.0 Å². The van der Waals surface area contributed by atoms with Crippen LogP contribution in [0.5, 0.6) is 17.2 Å². The van der Waals surface area contributed by atoms with Gasteiger partial charge in [-0.2, -0.15) is 0 Å². The molecule has 0 unspecified atom stereocenters. The molecule has 0 atom stereocenters. The highest BCUT2D eigenvalue weighted by molar-refractivity contribution is 6.02. The second-order valence-corrected chi connectivity index (χ2v) is 10.5. The molecule has 4 nitrogen and oxygen atoms in total. The highest BCUT2D eigenvalue weighted by Crippen LogP contribution is 2.44. The van der Waals surface area contributed by atoms with E-state index in [1.54, 1.807) is 0 Å². The van der Waals surface area contributed by atoms with Gasteiger partial charge in [0.2, 0.25) is 0 Å². The largest absolute Gasteiger partial charge is 0.507 e. The molecule has 4 heteroatoms. The second kappa shape index (κ2) is 14.6. The Bertz CT molecular complexity index is 928. The molecular formula is C31H46O4. The molecule has 0 aliphatic carbocycles. The smallest absolute Gasteiger partial charge is 0.170 e. The fraction of sp³-hybridized carbons (Fsp3) is 0.516. The number of carbonyl (C=O) groups is 1. The SMILES string of the molecule is CC(C)=CCCC(C)=CCc1c(O)c(CC=C(C)CCC=C(C)C)c(O)c(C(=O)CC(C)C)c1O. The molecule has 0 saturated carbocycles. The van der Waals surface area contributed by atoms with Crippen molar-refractivity contribution in [3.05, 3.63) is 63.3 Å². The van der Waals surface area contributed by atoms with Gasteiger partial charge in [0.15, 0.2) is 5.78 Å². The van der Waals surface area contributed by atoms with Gasteiger partial charge in [0.1, 0.15) is 22.8 Å². The van der Waals surface area contributed by atoms with Crippen molar-refractivity contribution in [3.63, 3.8) is 0 Å². The minimum absolute atomic E-state index is 0.0762. The summed E-state index contributed by atoms with van der Waals surface area (Å²) in [5, 5.41) is 33.0. The first-order chi connectivity index (χ1) is 16.3. The molecule has 0 radical (unpaired) electrons. The third-order valence-corrected chi connectivity index (χ3v) is 5.98. The van der Waals surface area contributed by atoms with Gasteiger partial charge in [-0.25, -0.2) is 0 Å². The van der Waals surface area contributed by atoms with E-state index >= 15 is 0 Å². The first-order valence-corrected chi connectivity index (χ1v) is 12.7. The molecule has 0 bridgehead atoms. The van der Waals surface area contributed by atoms with E-state index in [0.29, 0.717) is 11.1 Å². The van der Waals surface area contributed by atoms with Crippen LogP contribution < -0.4 is 0 Å². The topological polar surface area (TPSA) is 77.8 Å². The van der Waals surface area contributed by atoms with Gasteiger partial charge in [-0.1, -0.05) is 60.4 Å². The molecular weight excluding hydrogens is 436 g/mol. The Labute approximate surface area is 212 Å². The second-order valence-electron chi connectivity index (χ2n) is 10.5. The minimum atomic E-state index is -0.314. The number of phenols is 3. The van der Waals surface area contributed by atoms with Crippen LogP contribution in [-0.4, -0.2) is 21.1 Å². The standard InChI is InChI=1S/C31H46O4/c1-20(2)11-9-13-23(7)15-17-25-29(33)26(18-16-24(8)14-10-12-21(3)4)31(35)28(30(25)34)27(32)19-22(5)6/h11-12,15-16,22,33-35H,9-10,13-14,17-19H2,1-8H3. The zero-order valence-electron chi connectivity index (χ0n) is 23.1. The Hall–Kier alpha value is -2.75. The number of rotatable bonds is 13. The molecule has 0 fully saturated rings.